The number of carbonyl (C=O) groups is 2. The second kappa shape index (κ2) is 7.12. The Kier molecular flexibility index (Phi) is 5.17. The lowest BCUT2D eigenvalue weighted by Gasteiger charge is -2.07. The molecule has 2 aromatic rings. The van der Waals surface area contributed by atoms with Crippen molar-refractivity contribution in [2.75, 3.05) is 5.32 Å². The Hall–Kier alpha value is -3.22. The molecule has 0 spiro atoms. The Morgan fingerprint density at radius 3 is 2.52 bits per heavy atom. The van der Waals surface area contributed by atoms with E-state index in [0.717, 1.165) is 0 Å². The van der Waals surface area contributed by atoms with Crippen LogP contribution in [0.5, 0.6) is 5.88 Å². The number of nitrogens with zero attached hydrogens (tertiary/aromatic N) is 4. The van der Waals surface area contributed by atoms with Crippen LogP contribution in [0, 0.1) is 0 Å². The summed E-state index contributed by atoms with van der Waals surface area (Å²) in [6.45, 7) is 1.67. The van der Waals surface area contributed by atoms with Crippen LogP contribution in [-0.2, 0) is 23.8 Å². The number of amides is 2. The van der Waals surface area contributed by atoms with Gasteiger partial charge >= 0.3 is 22.3 Å². The van der Waals surface area contributed by atoms with Gasteiger partial charge < -0.3 is 9.29 Å². The van der Waals surface area contributed by atoms with Crippen molar-refractivity contribution in [1.29, 1.82) is 0 Å². The molecule has 0 fully saturated rings. The summed E-state index contributed by atoms with van der Waals surface area (Å²) in [4.78, 5) is 30.3. The molecule has 0 unspecified atom stereocenters. The molecule has 0 atom stereocenters. The van der Waals surface area contributed by atoms with E-state index in [1.165, 1.54) is 30.2 Å². The Morgan fingerprint density at radius 2 is 1.96 bits per heavy atom. The second-order valence-electron chi connectivity index (χ2n) is 4.58. The first-order chi connectivity index (χ1) is 11.7. The van der Waals surface area contributed by atoms with Gasteiger partial charge in [0.15, 0.2) is 0 Å². The summed E-state index contributed by atoms with van der Waals surface area (Å²) in [5.74, 6) is -2.19. The third-order valence-corrected chi connectivity index (χ3v) is 3.69. The summed E-state index contributed by atoms with van der Waals surface area (Å²) in [7, 11) is -3.24. The number of carboxylic acids is 1. The highest BCUT2D eigenvalue weighted by Crippen LogP contribution is 2.22. The van der Waals surface area contributed by atoms with Gasteiger partial charge in [0.2, 0.25) is 5.95 Å². The first-order valence-corrected chi connectivity index (χ1v) is 8.23. The fourth-order valence-electron chi connectivity index (χ4n) is 1.94. The van der Waals surface area contributed by atoms with E-state index in [9.17, 15) is 23.1 Å². The minimum absolute atomic E-state index is 0.132. The van der Waals surface area contributed by atoms with Crippen LogP contribution < -0.4 is 14.2 Å². The van der Waals surface area contributed by atoms with E-state index in [4.69, 9.17) is 0 Å². The van der Waals surface area contributed by atoms with Gasteiger partial charge in [-0.15, -0.1) is 5.10 Å². The molecule has 0 saturated carbocycles. The Labute approximate surface area is 142 Å². The van der Waals surface area contributed by atoms with Crippen LogP contribution in [0.2, 0.25) is 0 Å². The lowest BCUT2D eigenvalue weighted by Crippen LogP contribution is -2.37. The van der Waals surface area contributed by atoms with E-state index < -0.39 is 33.7 Å². The maximum Gasteiger partial charge on any atom is 0.412 e. The molecule has 25 heavy (non-hydrogen) atoms. The van der Waals surface area contributed by atoms with Crippen molar-refractivity contribution in [2.24, 2.45) is 7.05 Å². The van der Waals surface area contributed by atoms with Crippen molar-refractivity contribution in [3.8, 4) is 5.88 Å². The lowest BCUT2D eigenvalue weighted by molar-refractivity contribution is 0.0694. The summed E-state index contributed by atoms with van der Waals surface area (Å²) in [6, 6.07) is 0.317. The summed E-state index contributed by atoms with van der Waals surface area (Å²) in [6.07, 6.45) is 2.97. The highest BCUT2D eigenvalue weighted by molar-refractivity contribution is 7.85. The SMILES string of the molecule is CCc1c(C(=O)O)c(OS(=O)(=O)NC(=O)Nc2ncccn2)nn1C. The van der Waals surface area contributed by atoms with Gasteiger partial charge in [0, 0.05) is 19.4 Å². The predicted molar refractivity (Wildman–Crippen MR) is 83.3 cm³/mol. The zero-order valence-electron chi connectivity index (χ0n) is 13.1. The standard InChI is InChI=1S/C12H14N6O6S/c1-3-7-8(10(19)20)9(16-18(7)2)24-25(22,23)17-12(21)15-11-13-5-4-6-14-11/h4-6H,3H2,1-2H3,(H,19,20)(H2,13,14,15,17,21). The van der Waals surface area contributed by atoms with E-state index in [-0.39, 0.29) is 18.1 Å². The van der Waals surface area contributed by atoms with Crippen LogP contribution in [0.4, 0.5) is 10.7 Å². The fraction of sp³-hybridized carbons (Fsp3) is 0.250. The average Bonchev–Trinajstić information content (AvgIpc) is 2.81. The van der Waals surface area contributed by atoms with Crippen molar-refractivity contribution >= 4 is 28.3 Å². The average molecular weight is 370 g/mol. The van der Waals surface area contributed by atoms with Crippen molar-refractivity contribution in [3.05, 3.63) is 29.7 Å². The number of rotatable bonds is 6. The van der Waals surface area contributed by atoms with E-state index in [2.05, 4.69) is 24.6 Å². The third kappa shape index (κ3) is 4.41. The molecule has 13 heteroatoms. The molecule has 0 aliphatic heterocycles. The molecule has 0 aromatic carbocycles. The number of nitrogens with one attached hydrogen (secondary N) is 2. The minimum Gasteiger partial charge on any atom is -0.477 e. The summed E-state index contributed by atoms with van der Waals surface area (Å²) in [5, 5.41) is 15.0. The smallest absolute Gasteiger partial charge is 0.412 e. The molecule has 134 valence electrons. The summed E-state index contributed by atoms with van der Waals surface area (Å²) >= 11 is 0. The molecule has 0 aliphatic carbocycles. The molecule has 0 aliphatic rings. The molecule has 2 rings (SSSR count). The maximum absolute atomic E-state index is 11.9. The Bertz CT molecular complexity index is 894. The molecule has 2 amide bonds. The van der Waals surface area contributed by atoms with E-state index in [0.29, 0.717) is 0 Å². The van der Waals surface area contributed by atoms with Crippen molar-refractivity contribution in [2.45, 2.75) is 13.3 Å². The number of hydrogen-bond donors (Lipinski definition) is 3. The molecule has 0 radical (unpaired) electrons. The zero-order chi connectivity index (χ0) is 18.6. The zero-order valence-corrected chi connectivity index (χ0v) is 13.9. The summed E-state index contributed by atoms with van der Waals surface area (Å²) in [5.41, 5.74) is -0.137. The van der Waals surface area contributed by atoms with Crippen LogP contribution in [-0.4, -0.2) is 45.3 Å². The quantitative estimate of drug-likeness (QED) is 0.630. The van der Waals surface area contributed by atoms with Gasteiger partial charge in [-0.2, -0.15) is 8.42 Å². The van der Waals surface area contributed by atoms with Gasteiger partial charge in [0.05, 0.1) is 5.69 Å². The molecule has 3 N–H and O–H groups in total. The normalized spacial score (nSPS) is 11.0. The third-order valence-electron chi connectivity index (χ3n) is 2.88. The molecule has 12 nitrogen and oxygen atoms in total. The Morgan fingerprint density at radius 1 is 1.32 bits per heavy atom. The lowest BCUT2D eigenvalue weighted by atomic mass is 10.2. The van der Waals surface area contributed by atoms with Crippen LogP contribution in [0.3, 0.4) is 0 Å². The van der Waals surface area contributed by atoms with Crippen LogP contribution in [0.25, 0.3) is 0 Å². The Balaban J connectivity index is 2.16. The van der Waals surface area contributed by atoms with Gasteiger partial charge in [-0.1, -0.05) is 6.92 Å². The number of carboxylic acid groups (broad SMARTS) is 1. The number of anilines is 1. The van der Waals surface area contributed by atoms with Crippen molar-refractivity contribution in [3.63, 3.8) is 0 Å². The highest BCUT2D eigenvalue weighted by Gasteiger charge is 2.27. The number of aromatic nitrogens is 4. The van der Waals surface area contributed by atoms with Crippen molar-refractivity contribution in [1.82, 2.24) is 24.5 Å². The first kappa shape index (κ1) is 18.1. The topological polar surface area (TPSA) is 165 Å². The van der Waals surface area contributed by atoms with Gasteiger partial charge in [0.1, 0.15) is 5.56 Å². The fourth-order valence-corrected chi connectivity index (χ4v) is 2.58. The molecule has 0 saturated heterocycles. The van der Waals surface area contributed by atoms with E-state index in [1.807, 2.05) is 0 Å². The molecule has 2 aromatic heterocycles. The van der Waals surface area contributed by atoms with Gasteiger partial charge in [-0.05, 0) is 12.5 Å². The largest absolute Gasteiger partial charge is 0.477 e. The van der Waals surface area contributed by atoms with Gasteiger partial charge in [-0.3, -0.25) is 10.00 Å². The van der Waals surface area contributed by atoms with E-state index in [1.54, 1.807) is 11.6 Å². The molecule has 2 heterocycles. The minimum atomic E-state index is -4.68. The molecular weight excluding hydrogens is 356 g/mol. The van der Waals surface area contributed by atoms with Crippen LogP contribution >= 0.6 is 0 Å². The molecular formula is C12H14N6O6S. The summed E-state index contributed by atoms with van der Waals surface area (Å²) < 4.78 is 31.2. The van der Waals surface area contributed by atoms with Crippen LogP contribution in [0.15, 0.2) is 18.5 Å². The maximum atomic E-state index is 11.9. The number of hydrogen-bond acceptors (Lipinski definition) is 8. The van der Waals surface area contributed by atoms with E-state index >= 15 is 0 Å². The second-order valence-corrected chi connectivity index (χ2v) is 5.85. The first-order valence-electron chi connectivity index (χ1n) is 6.83. The van der Waals surface area contributed by atoms with Crippen LogP contribution in [0.1, 0.15) is 23.0 Å². The van der Waals surface area contributed by atoms with Gasteiger partial charge in [0.25, 0.3) is 5.88 Å². The predicted octanol–water partition coefficient (Wildman–Crippen LogP) is -0.0840. The number of aromatic carboxylic acids is 1. The molecule has 0 bridgehead atoms. The van der Waals surface area contributed by atoms with Gasteiger partial charge in [-0.25, -0.2) is 24.3 Å². The highest BCUT2D eigenvalue weighted by atomic mass is 32.2. The number of carbonyl (C=O) groups excluding carboxylic acids is 1. The monoisotopic (exact) mass is 370 g/mol. The number of aryl methyl sites for hydroxylation is 1. The number of urea groups is 1. The van der Waals surface area contributed by atoms with Crippen molar-refractivity contribution < 1.29 is 27.3 Å².